The molecule has 0 saturated heterocycles. The zero-order chi connectivity index (χ0) is 13.1. The summed E-state index contributed by atoms with van der Waals surface area (Å²) in [6.07, 6.45) is 1.61. The third kappa shape index (κ3) is 2.10. The van der Waals surface area contributed by atoms with Crippen molar-refractivity contribution in [3.8, 4) is 11.7 Å². The van der Waals surface area contributed by atoms with E-state index < -0.39 is 0 Å². The monoisotopic (exact) mass is 247 g/mol. The van der Waals surface area contributed by atoms with E-state index >= 15 is 0 Å². The van der Waals surface area contributed by atoms with Crippen molar-refractivity contribution >= 4 is 11.6 Å². The van der Waals surface area contributed by atoms with Crippen molar-refractivity contribution in [2.75, 3.05) is 19.9 Å². The molecule has 0 spiro atoms. The van der Waals surface area contributed by atoms with E-state index in [0.717, 1.165) is 0 Å². The number of methoxy groups -OCH3 is 1. The second-order valence-electron chi connectivity index (χ2n) is 3.49. The largest absolute Gasteiger partial charge is 0.481 e. The number of nitrogens with two attached hydrogens (primary N) is 1. The van der Waals surface area contributed by atoms with E-state index in [9.17, 15) is 4.79 Å². The number of ether oxygens (including phenoxy) is 1. The minimum atomic E-state index is -0.268. The fraction of sp³-hybridized carbons (Fsp3) is 0.182. The van der Waals surface area contributed by atoms with Crippen LogP contribution >= 0.6 is 0 Å². The molecule has 2 heterocycles. The number of amides is 1. The van der Waals surface area contributed by atoms with Crippen LogP contribution in [0.5, 0.6) is 5.88 Å². The zero-order valence-electron chi connectivity index (χ0n) is 10.0. The normalized spacial score (nSPS) is 10.1. The lowest BCUT2D eigenvalue weighted by molar-refractivity contribution is 0.0957. The molecule has 0 aromatic carbocycles. The lowest BCUT2D eigenvalue weighted by Crippen LogP contribution is -2.18. The van der Waals surface area contributed by atoms with Gasteiger partial charge in [0.05, 0.1) is 12.8 Å². The highest BCUT2D eigenvalue weighted by Gasteiger charge is 2.11. The van der Waals surface area contributed by atoms with E-state index in [-0.39, 0.29) is 5.91 Å². The minimum absolute atomic E-state index is 0.268. The summed E-state index contributed by atoms with van der Waals surface area (Å²) in [5, 5.41) is 6.59. The maximum atomic E-state index is 11.4. The predicted octanol–water partition coefficient (Wildman–Crippen LogP) is 0.218. The molecular formula is C11H13N5O2. The van der Waals surface area contributed by atoms with Crippen molar-refractivity contribution in [2.45, 2.75) is 0 Å². The first-order valence-corrected chi connectivity index (χ1v) is 5.24. The third-order valence-electron chi connectivity index (χ3n) is 2.35. The van der Waals surface area contributed by atoms with E-state index in [4.69, 9.17) is 10.5 Å². The highest BCUT2D eigenvalue weighted by Crippen LogP contribution is 2.18. The minimum Gasteiger partial charge on any atom is -0.481 e. The summed E-state index contributed by atoms with van der Waals surface area (Å²) in [5.74, 6) is 0.580. The molecule has 0 fully saturated rings. The Hall–Kier alpha value is -2.57. The van der Waals surface area contributed by atoms with Gasteiger partial charge in [0, 0.05) is 19.3 Å². The van der Waals surface area contributed by atoms with Crippen molar-refractivity contribution in [3.05, 3.63) is 30.1 Å². The molecule has 3 N–H and O–H groups in total. The lowest BCUT2D eigenvalue weighted by Gasteiger charge is -2.06. The summed E-state index contributed by atoms with van der Waals surface area (Å²) >= 11 is 0. The Labute approximate surface area is 104 Å². The average molecular weight is 247 g/mol. The third-order valence-corrected chi connectivity index (χ3v) is 2.35. The topological polar surface area (TPSA) is 95.1 Å². The van der Waals surface area contributed by atoms with Crippen LogP contribution in [0.3, 0.4) is 0 Å². The van der Waals surface area contributed by atoms with E-state index in [2.05, 4.69) is 15.4 Å². The Morgan fingerprint density at radius 3 is 2.89 bits per heavy atom. The van der Waals surface area contributed by atoms with Crippen LogP contribution in [0.2, 0.25) is 0 Å². The predicted molar refractivity (Wildman–Crippen MR) is 65.7 cm³/mol. The maximum absolute atomic E-state index is 11.4. The molecule has 0 unspecified atom stereocenters. The smallest absolute Gasteiger partial charge is 0.271 e. The first kappa shape index (κ1) is 11.9. The Morgan fingerprint density at radius 2 is 2.22 bits per heavy atom. The van der Waals surface area contributed by atoms with Crippen LogP contribution in [-0.2, 0) is 0 Å². The summed E-state index contributed by atoms with van der Waals surface area (Å²) in [5.41, 5.74) is 6.55. The molecule has 0 saturated carbocycles. The number of aromatic nitrogens is 3. The van der Waals surface area contributed by atoms with Crippen molar-refractivity contribution < 1.29 is 9.53 Å². The van der Waals surface area contributed by atoms with E-state index in [1.165, 1.54) is 11.8 Å². The second-order valence-corrected chi connectivity index (χ2v) is 3.49. The number of hydrogen-bond donors (Lipinski definition) is 2. The molecule has 0 atom stereocenters. The first-order chi connectivity index (χ1) is 8.65. The quantitative estimate of drug-likeness (QED) is 0.808. The molecule has 7 nitrogen and oxygen atoms in total. The standard InChI is InChI=1S/C11H13N5O2/c1-13-11(17)8-5-6-16(15-8)10-7(12)3-4-9(14-10)18-2/h3-6H,12H2,1-2H3,(H,13,17). The number of carbonyl (C=O) groups excluding carboxylic acids is 1. The molecule has 2 aromatic rings. The van der Waals surface area contributed by atoms with Crippen LogP contribution in [0.1, 0.15) is 10.5 Å². The van der Waals surface area contributed by atoms with Crippen LogP contribution in [-0.4, -0.2) is 34.8 Å². The van der Waals surface area contributed by atoms with Crippen molar-refractivity contribution in [1.82, 2.24) is 20.1 Å². The molecule has 1 amide bonds. The van der Waals surface area contributed by atoms with Gasteiger partial charge < -0.3 is 15.8 Å². The Kier molecular flexibility index (Phi) is 3.13. The molecule has 0 aliphatic rings. The fourth-order valence-electron chi connectivity index (χ4n) is 1.43. The number of nitrogens with one attached hydrogen (secondary N) is 1. The number of anilines is 1. The van der Waals surface area contributed by atoms with Gasteiger partial charge in [-0.2, -0.15) is 10.1 Å². The summed E-state index contributed by atoms with van der Waals surface area (Å²) < 4.78 is 6.45. The van der Waals surface area contributed by atoms with Gasteiger partial charge in [-0.1, -0.05) is 0 Å². The van der Waals surface area contributed by atoms with Crippen LogP contribution in [0.15, 0.2) is 24.4 Å². The lowest BCUT2D eigenvalue weighted by atomic mass is 10.4. The number of nitrogens with zero attached hydrogens (tertiary/aromatic N) is 3. The maximum Gasteiger partial charge on any atom is 0.271 e. The Morgan fingerprint density at radius 1 is 1.44 bits per heavy atom. The highest BCUT2D eigenvalue weighted by molar-refractivity contribution is 5.91. The number of nitrogen functional groups attached to an aromatic ring is 1. The second kappa shape index (κ2) is 4.74. The van der Waals surface area contributed by atoms with Gasteiger partial charge in [-0.15, -0.1) is 0 Å². The summed E-state index contributed by atoms with van der Waals surface area (Å²) in [4.78, 5) is 15.6. The summed E-state index contributed by atoms with van der Waals surface area (Å²) in [6.45, 7) is 0. The SMILES string of the molecule is CNC(=O)c1ccn(-c2nc(OC)ccc2N)n1. The van der Waals surface area contributed by atoms with Crippen LogP contribution in [0.25, 0.3) is 5.82 Å². The van der Waals surface area contributed by atoms with Gasteiger partial charge >= 0.3 is 0 Å². The molecule has 7 heteroatoms. The van der Waals surface area contributed by atoms with Crippen LogP contribution in [0, 0.1) is 0 Å². The number of pyridine rings is 1. The fourth-order valence-corrected chi connectivity index (χ4v) is 1.43. The molecule has 2 aromatic heterocycles. The van der Waals surface area contributed by atoms with Crippen LogP contribution < -0.4 is 15.8 Å². The Balaban J connectivity index is 2.42. The van der Waals surface area contributed by atoms with Crippen LogP contribution in [0.4, 0.5) is 5.69 Å². The molecular weight excluding hydrogens is 234 g/mol. The molecule has 2 rings (SSSR count). The molecule has 0 aliphatic carbocycles. The van der Waals surface area contributed by atoms with Gasteiger partial charge in [0.2, 0.25) is 5.88 Å². The molecule has 0 aliphatic heterocycles. The molecule has 18 heavy (non-hydrogen) atoms. The highest BCUT2D eigenvalue weighted by atomic mass is 16.5. The van der Waals surface area contributed by atoms with Gasteiger partial charge in [0.25, 0.3) is 5.91 Å². The van der Waals surface area contributed by atoms with Gasteiger partial charge in [-0.3, -0.25) is 4.79 Å². The van der Waals surface area contributed by atoms with E-state index in [1.54, 1.807) is 31.4 Å². The van der Waals surface area contributed by atoms with Crippen molar-refractivity contribution in [3.63, 3.8) is 0 Å². The molecule has 0 bridgehead atoms. The number of carbonyl (C=O) groups is 1. The molecule has 0 radical (unpaired) electrons. The number of hydrogen-bond acceptors (Lipinski definition) is 5. The van der Waals surface area contributed by atoms with E-state index in [0.29, 0.717) is 23.1 Å². The van der Waals surface area contributed by atoms with Gasteiger partial charge in [-0.25, -0.2) is 4.68 Å². The van der Waals surface area contributed by atoms with E-state index in [1.807, 2.05) is 0 Å². The van der Waals surface area contributed by atoms with Gasteiger partial charge in [0.15, 0.2) is 11.5 Å². The van der Waals surface area contributed by atoms with Crippen molar-refractivity contribution in [2.24, 2.45) is 0 Å². The molecule has 94 valence electrons. The summed E-state index contributed by atoms with van der Waals surface area (Å²) in [7, 11) is 3.06. The zero-order valence-corrected chi connectivity index (χ0v) is 10.0. The first-order valence-electron chi connectivity index (χ1n) is 5.24. The number of rotatable bonds is 3. The van der Waals surface area contributed by atoms with Gasteiger partial charge in [0.1, 0.15) is 0 Å². The van der Waals surface area contributed by atoms with Gasteiger partial charge in [-0.05, 0) is 12.1 Å². The average Bonchev–Trinajstić information content (AvgIpc) is 2.88. The van der Waals surface area contributed by atoms with Crippen molar-refractivity contribution in [1.29, 1.82) is 0 Å². The Bertz CT molecular complexity index is 579. The summed E-state index contributed by atoms with van der Waals surface area (Å²) in [6, 6.07) is 4.91.